The van der Waals surface area contributed by atoms with Gasteiger partial charge in [0.15, 0.2) is 0 Å². The molecule has 1 rings (SSSR count). The number of hydrogen-bond acceptors (Lipinski definition) is 2. The second-order valence-corrected chi connectivity index (χ2v) is 5.54. The molecule has 2 nitrogen and oxygen atoms in total. The third-order valence-electron chi connectivity index (χ3n) is 3.62. The number of hydrogen-bond donors (Lipinski definition) is 1. The van der Waals surface area contributed by atoms with Crippen LogP contribution in [0.15, 0.2) is 0 Å². The van der Waals surface area contributed by atoms with Gasteiger partial charge in [-0.15, -0.1) is 0 Å². The Kier molecular flexibility index (Phi) is 5.00. The number of thiocarbonyl (C=S) groups is 1. The molecule has 0 radical (unpaired) electrons. The van der Waals surface area contributed by atoms with Crippen LogP contribution in [0.4, 0.5) is 0 Å². The molecule has 0 aromatic heterocycles. The lowest BCUT2D eigenvalue weighted by atomic mass is 9.95. The minimum Gasteiger partial charge on any atom is -0.393 e. The molecule has 15 heavy (non-hydrogen) atoms. The van der Waals surface area contributed by atoms with Crippen molar-refractivity contribution >= 4 is 17.2 Å². The molecule has 0 aromatic carbocycles. The van der Waals surface area contributed by atoms with E-state index in [0.29, 0.717) is 11.0 Å². The quantitative estimate of drug-likeness (QED) is 0.733. The van der Waals surface area contributed by atoms with Gasteiger partial charge in [-0.05, 0) is 31.2 Å². The molecule has 0 bridgehead atoms. The van der Waals surface area contributed by atoms with E-state index in [1.807, 2.05) is 0 Å². The highest BCUT2D eigenvalue weighted by Crippen LogP contribution is 2.26. The minimum absolute atomic E-state index is 0.575. The number of nitrogens with zero attached hydrogens (tertiary/aromatic N) is 1. The van der Waals surface area contributed by atoms with Gasteiger partial charge in [0.25, 0.3) is 0 Å². The molecule has 2 unspecified atom stereocenters. The molecule has 2 atom stereocenters. The van der Waals surface area contributed by atoms with Crippen LogP contribution >= 0.6 is 12.2 Å². The van der Waals surface area contributed by atoms with Crippen LogP contribution in [-0.2, 0) is 0 Å². The van der Waals surface area contributed by atoms with Crippen LogP contribution in [0.2, 0.25) is 0 Å². The Morgan fingerprint density at radius 2 is 2.20 bits per heavy atom. The van der Waals surface area contributed by atoms with E-state index in [2.05, 4.69) is 25.7 Å². The molecule has 0 saturated carbocycles. The Morgan fingerprint density at radius 1 is 1.53 bits per heavy atom. The average molecular weight is 228 g/mol. The van der Waals surface area contributed by atoms with Gasteiger partial charge in [-0.1, -0.05) is 33.0 Å². The zero-order chi connectivity index (χ0) is 11.4. The van der Waals surface area contributed by atoms with Crippen molar-refractivity contribution in [3.63, 3.8) is 0 Å². The van der Waals surface area contributed by atoms with Crippen molar-refractivity contribution < 1.29 is 0 Å². The summed E-state index contributed by atoms with van der Waals surface area (Å²) in [6.07, 6.45) is 3.38. The monoisotopic (exact) mass is 228 g/mol. The van der Waals surface area contributed by atoms with E-state index in [9.17, 15) is 0 Å². The highest BCUT2D eigenvalue weighted by atomic mass is 32.1. The van der Waals surface area contributed by atoms with Gasteiger partial charge in [0, 0.05) is 19.0 Å². The van der Waals surface area contributed by atoms with E-state index in [4.69, 9.17) is 18.0 Å². The van der Waals surface area contributed by atoms with Crippen molar-refractivity contribution in [3.05, 3.63) is 0 Å². The van der Waals surface area contributed by atoms with Gasteiger partial charge < -0.3 is 5.73 Å². The Balaban J connectivity index is 2.46. The molecule has 2 N–H and O–H groups in total. The summed E-state index contributed by atoms with van der Waals surface area (Å²) in [6, 6.07) is 0.575. The fraction of sp³-hybridized carbons (Fsp3) is 0.917. The predicted molar refractivity (Wildman–Crippen MR) is 70.0 cm³/mol. The molecule has 3 heteroatoms. The first-order valence-electron chi connectivity index (χ1n) is 6.07. The first-order valence-corrected chi connectivity index (χ1v) is 6.47. The van der Waals surface area contributed by atoms with Crippen LogP contribution in [0.1, 0.15) is 40.0 Å². The van der Waals surface area contributed by atoms with E-state index in [0.717, 1.165) is 24.7 Å². The summed E-state index contributed by atoms with van der Waals surface area (Å²) in [5.41, 5.74) is 5.64. The van der Waals surface area contributed by atoms with Crippen LogP contribution < -0.4 is 5.73 Å². The highest BCUT2D eigenvalue weighted by Gasteiger charge is 2.28. The molecule has 1 aliphatic heterocycles. The van der Waals surface area contributed by atoms with Crippen molar-refractivity contribution in [1.82, 2.24) is 4.90 Å². The molecule has 0 aromatic rings. The van der Waals surface area contributed by atoms with E-state index < -0.39 is 0 Å². The smallest absolute Gasteiger partial charge is 0.0743 e. The topological polar surface area (TPSA) is 29.3 Å². The maximum absolute atomic E-state index is 5.64. The molecule has 0 spiro atoms. The van der Waals surface area contributed by atoms with Crippen LogP contribution in [0.25, 0.3) is 0 Å². The second-order valence-electron chi connectivity index (χ2n) is 5.02. The molecule has 1 fully saturated rings. The third-order valence-corrected chi connectivity index (χ3v) is 3.79. The standard InChI is InChI=1S/C12H24N2S/c1-4-11(7-12(13)15)14-6-5-10(8-14)9(2)3/h9-11H,4-8H2,1-3H3,(H2,13,15). The zero-order valence-corrected chi connectivity index (χ0v) is 11.0. The van der Waals surface area contributed by atoms with Crippen molar-refractivity contribution in [2.24, 2.45) is 17.6 Å². The van der Waals surface area contributed by atoms with Gasteiger partial charge in [-0.3, -0.25) is 4.90 Å². The number of rotatable bonds is 5. The fourth-order valence-electron chi connectivity index (χ4n) is 2.46. The van der Waals surface area contributed by atoms with Crippen molar-refractivity contribution in [3.8, 4) is 0 Å². The molecule has 1 saturated heterocycles. The maximum atomic E-state index is 5.64. The Labute approximate surface area is 99.2 Å². The van der Waals surface area contributed by atoms with E-state index in [-0.39, 0.29) is 0 Å². The molecule has 88 valence electrons. The molecule has 1 aliphatic rings. The highest BCUT2D eigenvalue weighted by molar-refractivity contribution is 7.80. The van der Waals surface area contributed by atoms with E-state index in [1.165, 1.54) is 19.5 Å². The van der Waals surface area contributed by atoms with Crippen molar-refractivity contribution in [1.29, 1.82) is 0 Å². The Hall–Kier alpha value is -0.150. The normalized spacial score (nSPS) is 24.7. The minimum atomic E-state index is 0.575. The van der Waals surface area contributed by atoms with Crippen LogP contribution in [0, 0.1) is 11.8 Å². The Morgan fingerprint density at radius 3 is 2.60 bits per heavy atom. The lowest BCUT2D eigenvalue weighted by Crippen LogP contribution is -2.36. The molecular weight excluding hydrogens is 204 g/mol. The van der Waals surface area contributed by atoms with Gasteiger partial charge in [0.2, 0.25) is 0 Å². The van der Waals surface area contributed by atoms with Crippen LogP contribution in [0.3, 0.4) is 0 Å². The zero-order valence-electron chi connectivity index (χ0n) is 10.2. The molecule has 0 amide bonds. The predicted octanol–water partition coefficient (Wildman–Crippen LogP) is 2.42. The molecular formula is C12H24N2S. The Bertz CT molecular complexity index is 216. The van der Waals surface area contributed by atoms with Gasteiger partial charge in [-0.2, -0.15) is 0 Å². The van der Waals surface area contributed by atoms with Gasteiger partial charge in [0.05, 0.1) is 4.99 Å². The summed E-state index contributed by atoms with van der Waals surface area (Å²) in [5.74, 6) is 1.67. The van der Waals surface area contributed by atoms with Gasteiger partial charge in [-0.25, -0.2) is 0 Å². The van der Waals surface area contributed by atoms with E-state index in [1.54, 1.807) is 0 Å². The average Bonchev–Trinajstić information content (AvgIpc) is 2.62. The van der Waals surface area contributed by atoms with Crippen molar-refractivity contribution in [2.45, 2.75) is 46.1 Å². The summed E-state index contributed by atoms with van der Waals surface area (Å²) >= 11 is 5.01. The summed E-state index contributed by atoms with van der Waals surface area (Å²) in [7, 11) is 0. The van der Waals surface area contributed by atoms with Crippen LogP contribution in [0.5, 0.6) is 0 Å². The third kappa shape index (κ3) is 3.72. The van der Waals surface area contributed by atoms with E-state index >= 15 is 0 Å². The summed E-state index contributed by atoms with van der Waals surface area (Å²) in [5, 5.41) is 0. The summed E-state index contributed by atoms with van der Waals surface area (Å²) in [6.45, 7) is 9.33. The van der Waals surface area contributed by atoms with Gasteiger partial charge in [0.1, 0.15) is 0 Å². The number of likely N-dealkylation sites (tertiary alicyclic amines) is 1. The number of nitrogens with two attached hydrogens (primary N) is 1. The first-order chi connectivity index (χ1) is 7.04. The maximum Gasteiger partial charge on any atom is 0.0743 e. The lowest BCUT2D eigenvalue weighted by Gasteiger charge is -2.27. The van der Waals surface area contributed by atoms with Gasteiger partial charge >= 0.3 is 0 Å². The van der Waals surface area contributed by atoms with Crippen LogP contribution in [-0.4, -0.2) is 29.0 Å². The molecule has 1 heterocycles. The molecule has 0 aliphatic carbocycles. The lowest BCUT2D eigenvalue weighted by molar-refractivity contribution is 0.224. The summed E-state index contributed by atoms with van der Waals surface area (Å²) < 4.78 is 0. The summed E-state index contributed by atoms with van der Waals surface area (Å²) in [4.78, 5) is 3.24. The fourth-order valence-corrected chi connectivity index (χ4v) is 2.65. The largest absolute Gasteiger partial charge is 0.393 e. The SMILES string of the molecule is CCC(CC(N)=S)N1CCC(C(C)C)C1. The van der Waals surface area contributed by atoms with Crippen molar-refractivity contribution in [2.75, 3.05) is 13.1 Å². The second kappa shape index (κ2) is 5.80. The first kappa shape index (κ1) is 12.9.